The number of amides is 1. The van der Waals surface area contributed by atoms with Crippen LogP contribution in [0.15, 0.2) is 4.52 Å². The number of ketones is 1. The molecule has 8 heteroatoms. The van der Waals surface area contributed by atoms with Crippen LogP contribution < -0.4 is 5.32 Å². The van der Waals surface area contributed by atoms with Crippen molar-refractivity contribution in [3.8, 4) is 0 Å². The summed E-state index contributed by atoms with van der Waals surface area (Å²) < 4.78 is 10.6. The quantitative estimate of drug-likeness (QED) is 0.483. The maximum absolute atomic E-state index is 13.1. The topological polar surface area (TPSA) is 98.5 Å². The maximum atomic E-state index is 13.1. The summed E-state index contributed by atoms with van der Waals surface area (Å²) in [5, 5.41) is 7.14. The van der Waals surface area contributed by atoms with Gasteiger partial charge in [-0.05, 0) is 43.6 Å². The number of hydrogen-bond donors (Lipinski definition) is 1. The number of aryl methyl sites for hydroxylation is 1. The maximum Gasteiger partial charge on any atom is 0.341 e. The molecule has 0 bridgehead atoms. The van der Waals surface area contributed by atoms with E-state index in [1.165, 1.54) is 0 Å². The number of carbonyl (C=O) groups is 3. The lowest BCUT2D eigenvalue weighted by Gasteiger charge is -2.33. The van der Waals surface area contributed by atoms with Crippen LogP contribution in [0.3, 0.4) is 0 Å². The third kappa shape index (κ3) is 4.59. The second kappa shape index (κ2) is 8.94. The van der Waals surface area contributed by atoms with E-state index in [1.807, 2.05) is 0 Å². The number of fused-ring (bicyclic) bond motifs is 1. The van der Waals surface area contributed by atoms with Gasteiger partial charge in [-0.25, -0.2) is 4.79 Å². The van der Waals surface area contributed by atoms with Gasteiger partial charge in [0.15, 0.2) is 11.5 Å². The van der Waals surface area contributed by atoms with Crippen molar-refractivity contribution in [2.24, 2.45) is 11.3 Å². The van der Waals surface area contributed by atoms with Crippen LogP contribution in [0.2, 0.25) is 0 Å². The highest BCUT2D eigenvalue weighted by atomic mass is 32.1. The van der Waals surface area contributed by atoms with Crippen LogP contribution in [0.1, 0.15) is 94.9 Å². The molecule has 168 valence electrons. The number of rotatable bonds is 6. The van der Waals surface area contributed by atoms with Gasteiger partial charge in [-0.3, -0.25) is 9.59 Å². The minimum absolute atomic E-state index is 0.0830. The summed E-state index contributed by atoms with van der Waals surface area (Å²) in [6, 6.07) is 0. The van der Waals surface area contributed by atoms with E-state index in [2.05, 4.69) is 31.2 Å². The van der Waals surface area contributed by atoms with E-state index >= 15 is 0 Å². The van der Waals surface area contributed by atoms with Gasteiger partial charge in [0.05, 0.1) is 17.0 Å². The summed E-state index contributed by atoms with van der Waals surface area (Å²) in [6.45, 7) is 12.0. The van der Waals surface area contributed by atoms with Crippen molar-refractivity contribution in [3.63, 3.8) is 0 Å². The molecular formula is C23H30N2O5S. The fourth-order valence-corrected chi connectivity index (χ4v) is 5.16. The molecule has 1 amide bonds. The molecule has 2 aromatic heterocycles. The minimum Gasteiger partial charge on any atom is -0.462 e. The molecule has 1 aliphatic rings. The van der Waals surface area contributed by atoms with Gasteiger partial charge in [-0.15, -0.1) is 11.3 Å². The van der Waals surface area contributed by atoms with Gasteiger partial charge in [0.2, 0.25) is 0 Å². The normalized spacial score (nSPS) is 16.0. The van der Waals surface area contributed by atoms with Gasteiger partial charge in [-0.1, -0.05) is 32.9 Å². The molecule has 0 aromatic carbocycles. The lowest BCUT2D eigenvalue weighted by molar-refractivity contribution is 0.0527. The molecule has 0 saturated carbocycles. The molecule has 3 rings (SSSR count). The lowest BCUT2D eigenvalue weighted by atomic mass is 9.71. The number of carbonyl (C=O) groups excluding carboxylic acids is 3. The molecule has 0 spiro atoms. The van der Waals surface area contributed by atoms with Crippen molar-refractivity contribution >= 4 is 34.0 Å². The fraction of sp³-hybridized carbons (Fsp3) is 0.565. The first-order chi connectivity index (χ1) is 14.6. The van der Waals surface area contributed by atoms with Crippen LogP contribution in [0.5, 0.6) is 0 Å². The largest absolute Gasteiger partial charge is 0.462 e. The van der Waals surface area contributed by atoms with E-state index < -0.39 is 11.9 Å². The SMILES string of the molecule is CCOC(=O)c1c(NC(=O)c2noc3c2CC(C(C)(C)C)CC3)sc(C(=O)CC)c1C. The average Bonchev–Trinajstić information content (AvgIpc) is 3.27. The zero-order chi connectivity index (χ0) is 22.9. The Morgan fingerprint density at radius 2 is 1.97 bits per heavy atom. The Balaban J connectivity index is 1.94. The number of aromatic nitrogens is 1. The summed E-state index contributed by atoms with van der Waals surface area (Å²) in [5.74, 6) is 0.0817. The van der Waals surface area contributed by atoms with Crippen LogP contribution in [-0.2, 0) is 17.6 Å². The molecule has 0 radical (unpaired) electrons. The summed E-state index contributed by atoms with van der Waals surface area (Å²) in [4.78, 5) is 38.5. The number of Topliss-reactive ketones (excluding diaryl/α,β-unsaturated/α-hetero) is 1. The van der Waals surface area contributed by atoms with Crippen molar-refractivity contribution in [2.75, 3.05) is 11.9 Å². The second-order valence-corrected chi connectivity index (χ2v) is 9.97. The van der Waals surface area contributed by atoms with E-state index in [1.54, 1.807) is 20.8 Å². The summed E-state index contributed by atoms with van der Waals surface area (Å²) in [5.41, 5.74) is 1.94. The Kier molecular flexibility index (Phi) is 6.69. The molecule has 0 saturated heterocycles. The van der Waals surface area contributed by atoms with E-state index in [9.17, 15) is 14.4 Å². The minimum atomic E-state index is -0.559. The molecule has 0 fully saturated rings. The third-order valence-corrected chi connectivity index (χ3v) is 7.16. The van der Waals surface area contributed by atoms with Gasteiger partial charge in [-0.2, -0.15) is 0 Å². The average molecular weight is 447 g/mol. The Labute approximate surface area is 186 Å². The number of ether oxygens (including phenoxy) is 1. The number of thiophene rings is 1. The molecular weight excluding hydrogens is 416 g/mol. The van der Waals surface area contributed by atoms with Crippen LogP contribution in [0.4, 0.5) is 5.00 Å². The Hall–Kier alpha value is -2.48. The highest BCUT2D eigenvalue weighted by molar-refractivity contribution is 7.18. The molecule has 0 aliphatic heterocycles. The van der Waals surface area contributed by atoms with Gasteiger partial charge >= 0.3 is 5.97 Å². The summed E-state index contributed by atoms with van der Waals surface area (Å²) in [7, 11) is 0. The first kappa shape index (κ1) is 23.2. The van der Waals surface area contributed by atoms with Crippen molar-refractivity contribution in [2.45, 2.75) is 67.2 Å². The monoisotopic (exact) mass is 446 g/mol. The molecule has 31 heavy (non-hydrogen) atoms. The Bertz CT molecular complexity index is 1010. The second-order valence-electron chi connectivity index (χ2n) is 8.95. The zero-order valence-corrected chi connectivity index (χ0v) is 19.8. The number of nitrogens with one attached hydrogen (secondary N) is 1. The Morgan fingerprint density at radius 3 is 2.58 bits per heavy atom. The van der Waals surface area contributed by atoms with Crippen LogP contribution in [0, 0.1) is 18.3 Å². The Morgan fingerprint density at radius 1 is 1.26 bits per heavy atom. The summed E-state index contributed by atoms with van der Waals surface area (Å²) >= 11 is 1.10. The van der Waals surface area contributed by atoms with Crippen molar-refractivity contribution in [1.29, 1.82) is 0 Å². The van der Waals surface area contributed by atoms with Crippen molar-refractivity contribution < 1.29 is 23.6 Å². The summed E-state index contributed by atoms with van der Waals surface area (Å²) in [6.07, 6.45) is 2.77. The standard InChI is InChI=1S/C23H30N2O5S/c1-7-15(26)19-12(3)17(22(28)29-8-2)21(31-19)24-20(27)18-14-11-13(23(4,5)6)9-10-16(14)30-25-18/h13H,7-11H2,1-6H3,(H,24,27). The smallest absolute Gasteiger partial charge is 0.341 e. The van der Waals surface area contributed by atoms with Gasteiger partial charge < -0.3 is 14.6 Å². The first-order valence-electron chi connectivity index (χ1n) is 10.7. The van der Waals surface area contributed by atoms with Crippen LogP contribution in [0.25, 0.3) is 0 Å². The van der Waals surface area contributed by atoms with E-state index in [0.717, 1.165) is 41.9 Å². The third-order valence-electron chi connectivity index (χ3n) is 5.91. The highest BCUT2D eigenvalue weighted by Crippen LogP contribution is 2.39. The number of esters is 1. The lowest BCUT2D eigenvalue weighted by Crippen LogP contribution is -2.27. The van der Waals surface area contributed by atoms with E-state index in [-0.39, 0.29) is 29.1 Å². The predicted molar refractivity (Wildman–Crippen MR) is 119 cm³/mol. The number of nitrogens with zero attached hydrogens (tertiary/aromatic N) is 1. The van der Waals surface area contributed by atoms with Crippen LogP contribution in [-0.4, -0.2) is 29.4 Å². The predicted octanol–water partition coefficient (Wildman–Crippen LogP) is 5.22. The molecule has 2 heterocycles. The molecule has 1 unspecified atom stereocenters. The van der Waals surface area contributed by atoms with Gasteiger partial charge in [0.25, 0.3) is 5.91 Å². The molecule has 1 atom stereocenters. The molecule has 1 N–H and O–H groups in total. The molecule has 7 nitrogen and oxygen atoms in total. The van der Waals surface area contributed by atoms with Gasteiger partial charge in [0, 0.05) is 18.4 Å². The molecule has 1 aliphatic carbocycles. The zero-order valence-electron chi connectivity index (χ0n) is 19.0. The van der Waals surface area contributed by atoms with Crippen LogP contribution >= 0.6 is 11.3 Å². The number of hydrogen-bond acceptors (Lipinski definition) is 7. The molecule has 2 aromatic rings. The highest BCUT2D eigenvalue weighted by Gasteiger charge is 2.35. The van der Waals surface area contributed by atoms with E-state index in [0.29, 0.717) is 27.8 Å². The first-order valence-corrected chi connectivity index (χ1v) is 11.5. The van der Waals surface area contributed by atoms with E-state index in [4.69, 9.17) is 9.26 Å². The van der Waals surface area contributed by atoms with Crippen molar-refractivity contribution in [3.05, 3.63) is 33.0 Å². The number of anilines is 1. The fourth-order valence-electron chi connectivity index (χ4n) is 3.96. The van der Waals surface area contributed by atoms with Gasteiger partial charge in [0.1, 0.15) is 10.8 Å². The van der Waals surface area contributed by atoms with Crippen molar-refractivity contribution in [1.82, 2.24) is 5.16 Å².